The van der Waals surface area contributed by atoms with Gasteiger partial charge in [0, 0.05) is 5.56 Å². The van der Waals surface area contributed by atoms with Crippen LogP contribution in [0.5, 0.6) is 0 Å². The Kier molecular flexibility index (Phi) is 5.33. The van der Waals surface area contributed by atoms with Gasteiger partial charge in [-0.15, -0.1) is 0 Å². The summed E-state index contributed by atoms with van der Waals surface area (Å²) in [7, 11) is 0. The molecule has 1 fully saturated rings. The van der Waals surface area contributed by atoms with E-state index >= 15 is 0 Å². The first-order valence-corrected chi connectivity index (χ1v) is 11.9. The van der Waals surface area contributed by atoms with E-state index in [9.17, 15) is 14.7 Å². The van der Waals surface area contributed by atoms with Crippen molar-refractivity contribution in [2.45, 2.75) is 32.2 Å². The lowest BCUT2D eigenvalue weighted by Gasteiger charge is -2.24. The smallest absolute Gasteiger partial charge is 0.301 e. The highest BCUT2D eigenvalue weighted by atomic mass is 32.1. The summed E-state index contributed by atoms with van der Waals surface area (Å²) in [6.07, 6.45) is 0. The van der Waals surface area contributed by atoms with E-state index in [4.69, 9.17) is 0 Å². The SMILES string of the molecule is CC(C)(C)c1ccc(C2/C(=C(/O)c3ccccc3)C(=O)C(=O)N2c2nc3ccccc3s2)cc1. The Balaban J connectivity index is 1.72. The molecule has 4 aromatic rings. The third-order valence-electron chi connectivity index (χ3n) is 6.07. The average molecular weight is 469 g/mol. The van der Waals surface area contributed by atoms with Crippen molar-refractivity contribution in [3.05, 3.63) is 101 Å². The lowest BCUT2D eigenvalue weighted by molar-refractivity contribution is -0.132. The van der Waals surface area contributed by atoms with Crippen molar-refractivity contribution < 1.29 is 14.7 Å². The number of anilines is 1. The molecule has 170 valence electrons. The number of hydrogen-bond acceptors (Lipinski definition) is 5. The minimum atomic E-state index is -0.783. The normalized spacial score (nSPS) is 18.1. The van der Waals surface area contributed by atoms with Crippen LogP contribution in [-0.2, 0) is 15.0 Å². The van der Waals surface area contributed by atoms with Crippen LogP contribution in [0.1, 0.15) is 43.5 Å². The molecule has 3 aromatic carbocycles. The van der Waals surface area contributed by atoms with Crippen LogP contribution in [0.4, 0.5) is 5.13 Å². The van der Waals surface area contributed by atoms with Gasteiger partial charge in [-0.3, -0.25) is 14.5 Å². The number of hydrogen-bond donors (Lipinski definition) is 1. The first kappa shape index (κ1) is 22.0. The van der Waals surface area contributed by atoms with E-state index in [1.807, 2.05) is 54.6 Å². The summed E-state index contributed by atoms with van der Waals surface area (Å²) in [6, 6.07) is 23.5. The van der Waals surface area contributed by atoms with E-state index in [-0.39, 0.29) is 16.7 Å². The quantitative estimate of drug-likeness (QED) is 0.220. The fourth-order valence-corrected chi connectivity index (χ4v) is 5.22. The standard InChI is InChI=1S/C28H24N2O3S/c1-28(2,3)19-15-13-17(14-16-19)23-22(24(31)18-9-5-4-6-10-18)25(32)26(33)30(23)27-29-20-11-7-8-12-21(20)34-27/h4-16,23,31H,1-3H3/b24-22-. The molecule has 1 aromatic heterocycles. The summed E-state index contributed by atoms with van der Waals surface area (Å²) in [5.41, 5.74) is 3.15. The van der Waals surface area contributed by atoms with Crippen molar-refractivity contribution in [1.29, 1.82) is 0 Å². The Hall–Kier alpha value is -3.77. The van der Waals surface area contributed by atoms with Crippen LogP contribution in [0.15, 0.2) is 84.4 Å². The van der Waals surface area contributed by atoms with Gasteiger partial charge in [-0.1, -0.05) is 98.8 Å². The van der Waals surface area contributed by atoms with Crippen molar-refractivity contribution >= 4 is 44.1 Å². The van der Waals surface area contributed by atoms with E-state index in [0.29, 0.717) is 10.7 Å². The van der Waals surface area contributed by atoms with Gasteiger partial charge in [0.1, 0.15) is 5.76 Å². The highest BCUT2D eigenvalue weighted by Gasteiger charge is 2.48. The fraction of sp³-hybridized carbons (Fsp3) is 0.179. The molecule has 0 saturated carbocycles. The maximum atomic E-state index is 13.3. The van der Waals surface area contributed by atoms with Crippen LogP contribution in [0.2, 0.25) is 0 Å². The van der Waals surface area contributed by atoms with Gasteiger partial charge in [-0.25, -0.2) is 4.98 Å². The van der Waals surface area contributed by atoms with Gasteiger partial charge in [-0.2, -0.15) is 0 Å². The monoisotopic (exact) mass is 468 g/mol. The Morgan fingerprint density at radius 3 is 2.21 bits per heavy atom. The maximum absolute atomic E-state index is 13.3. The lowest BCUT2D eigenvalue weighted by Crippen LogP contribution is -2.29. The third kappa shape index (κ3) is 3.70. The number of nitrogens with zero attached hydrogens (tertiary/aromatic N) is 2. The average Bonchev–Trinajstić information content (AvgIpc) is 3.37. The number of ketones is 1. The topological polar surface area (TPSA) is 70.5 Å². The lowest BCUT2D eigenvalue weighted by atomic mass is 9.85. The molecule has 0 aliphatic carbocycles. The molecule has 0 radical (unpaired) electrons. The van der Waals surface area contributed by atoms with E-state index in [2.05, 4.69) is 25.8 Å². The van der Waals surface area contributed by atoms with Crippen LogP contribution < -0.4 is 4.90 Å². The van der Waals surface area contributed by atoms with Gasteiger partial charge in [0.25, 0.3) is 5.78 Å². The molecule has 1 saturated heterocycles. The molecular formula is C28H24N2O3S. The van der Waals surface area contributed by atoms with Crippen LogP contribution in [0.25, 0.3) is 16.0 Å². The third-order valence-corrected chi connectivity index (χ3v) is 7.11. The molecule has 1 aliphatic heterocycles. The summed E-state index contributed by atoms with van der Waals surface area (Å²) in [5.74, 6) is -1.60. The van der Waals surface area contributed by atoms with Crippen molar-refractivity contribution in [1.82, 2.24) is 4.98 Å². The number of para-hydroxylation sites is 1. The van der Waals surface area contributed by atoms with E-state index < -0.39 is 17.7 Å². The predicted molar refractivity (Wildman–Crippen MR) is 136 cm³/mol. The second-order valence-corrected chi connectivity index (χ2v) is 10.4. The number of aromatic nitrogens is 1. The van der Waals surface area contributed by atoms with E-state index in [1.54, 1.807) is 24.3 Å². The van der Waals surface area contributed by atoms with Crippen molar-refractivity contribution in [2.24, 2.45) is 0 Å². The molecular weight excluding hydrogens is 444 g/mol. The second-order valence-electron chi connectivity index (χ2n) is 9.37. The van der Waals surface area contributed by atoms with Gasteiger partial charge in [0.2, 0.25) is 0 Å². The highest BCUT2D eigenvalue weighted by Crippen LogP contribution is 2.44. The van der Waals surface area contributed by atoms with Gasteiger partial charge in [-0.05, 0) is 28.7 Å². The molecule has 6 heteroatoms. The summed E-state index contributed by atoms with van der Waals surface area (Å²) in [5, 5.41) is 11.6. The molecule has 0 bridgehead atoms. The number of Topliss-reactive ketones (excluding diaryl/α,β-unsaturated/α-hetero) is 1. The molecule has 5 nitrogen and oxygen atoms in total. The van der Waals surface area contributed by atoms with Gasteiger partial charge in [0.05, 0.1) is 21.8 Å². The molecule has 0 spiro atoms. The molecule has 1 amide bonds. The molecule has 1 atom stereocenters. The highest BCUT2D eigenvalue weighted by molar-refractivity contribution is 7.22. The Labute approximate surface area is 202 Å². The first-order valence-electron chi connectivity index (χ1n) is 11.1. The Morgan fingerprint density at radius 1 is 0.912 bits per heavy atom. The van der Waals surface area contributed by atoms with Crippen LogP contribution in [0.3, 0.4) is 0 Å². The number of aliphatic hydroxyl groups is 1. The first-order chi connectivity index (χ1) is 16.3. The predicted octanol–water partition coefficient (Wildman–Crippen LogP) is 6.22. The number of benzene rings is 3. The Morgan fingerprint density at radius 2 is 1.56 bits per heavy atom. The molecule has 1 unspecified atom stereocenters. The summed E-state index contributed by atoms with van der Waals surface area (Å²) in [4.78, 5) is 32.7. The minimum absolute atomic E-state index is 0.0442. The van der Waals surface area contributed by atoms with Gasteiger partial charge in [0.15, 0.2) is 5.13 Å². The largest absolute Gasteiger partial charge is 0.507 e. The molecule has 2 heterocycles. The van der Waals surface area contributed by atoms with Crippen LogP contribution >= 0.6 is 11.3 Å². The molecule has 34 heavy (non-hydrogen) atoms. The minimum Gasteiger partial charge on any atom is -0.507 e. The van der Waals surface area contributed by atoms with Gasteiger partial charge < -0.3 is 5.11 Å². The number of amides is 1. The molecule has 1 aliphatic rings. The van der Waals surface area contributed by atoms with E-state index in [0.717, 1.165) is 21.3 Å². The number of rotatable bonds is 3. The molecule has 5 rings (SSSR count). The second kappa shape index (κ2) is 8.22. The zero-order valence-corrected chi connectivity index (χ0v) is 20.0. The number of carbonyl (C=O) groups is 2. The zero-order chi connectivity index (χ0) is 24.0. The van der Waals surface area contributed by atoms with Crippen molar-refractivity contribution in [3.8, 4) is 0 Å². The number of fused-ring (bicyclic) bond motifs is 1. The number of aliphatic hydroxyl groups excluding tert-OH is 1. The summed E-state index contributed by atoms with van der Waals surface area (Å²) >= 11 is 1.35. The number of thiazole rings is 1. The van der Waals surface area contributed by atoms with E-state index in [1.165, 1.54) is 16.2 Å². The summed E-state index contributed by atoms with van der Waals surface area (Å²) in [6.45, 7) is 6.39. The summed E-state index contributed by atoms with van der Waals surface area (Å²) < 4.78 is 0.921. The molecule has 1 N–H and O–H groups in total. The Bertz CT molecular complexity index is 1400. The van der Waals surface area contributed by atoms with Crippen LogP contribution in [-0.4, -0.2) is 21.8 Å². The zero-order valence-electron chi connectivity index (χ0n) is 19.1. The fourth-order valence-electron chi connectivity index (χ4n) is 4.23. The number of carbonyl (C=O) groups excluding carboxylic acids is 2. The maximum Gasteiger partial charge on any atom is 0.301 e. The van der Waals surface area contributed by atoms with Crippen molar-refractivity contribution in [3.63, 3.8) is 0 Å². The van der Waals surface area contributed by atoms with Crippen LogP contribution in [0, 0.1) is 0 Å². The van der Waals surface area contributed by atoms with Gasteiger partial charge >= 0.3 is 5.91 Å². The van der Waals surface area contributed by atoms with Crippen molar-refractivity contribution in [2.75, 3.05) is 4.90 Å².